The molecule has 1 heterocycles. The minimum atomic E-state index is -0.254. The minimum Gasteiger partial charge on any atom is -0.294 e. The maximum absolute atomic E-state index is 10.8. The fourth-order valence-corrected chi connectivity index (χ4v) is 1.13. The van der Waals surface area contributed by atoms with E-state index in [0.29, 0.717) is 5.56 Å². The molecule has 0 fully saturated rings. The van der Waals surface area contributed by atoms with Gasteiger partial charge in [-0.05, 0) is 12.1 Å². The maximum Gasteiger partial charge on any atom is 0.171 e. The van der Waals surface area contributed by atoms with Gasteiger partial charge in [0, 0.05) is 12.5 Å². The van der Waals surface area contributed by atoms with Gasteiger partial charge in [-0.3, -0.25) is 4.79 Å². The molecular formula is C8H5Cl3N2O. The maximum atomic E-state index is 10.8. The van der Waals surface area contributed by atoms with Crippen LogP contribution in [0.4, 0.5) is 0 Å². The molecule has 0 aliphatic rings. The molecule has 0 amide bonds. The number of Topliss-reactive ketones (excluding diaryl/α,β-unsaturated/α-hetero) is 1. The van der Waals surface area contributed by atoms with Crippen molar-refractivity contribution in [3.8, 4) is 0 Å². The van der Waals surface area contributed by atoms with Gasteiger partial charge in [-0.1, -0.05) is 34.8 Å². The highest BCUT2D eigenvalue weighted by Gasteiger charge is 2.05. The summed E-state index contributed by atoms with van der Waals surface area (Å²) in [6.45, 7) is 1.35. The summed E-state index contributed by atoms with van der Waals surface area (Å²) < 4.78 is 0. The zero-order chi connectivity index (χ0) is 10.7. The molecule has 0 bridgehead atoms. The number of nitrogens with zero attached hydrogens (tertiary/aromatic N) is 2. The van der Waals surface area contributed by atoms with E-state index in [1.165, 1.54) is 19.1 Å². The van der Waals surface area contributed by atoms with Crippen LogP contribution in [-0.4, -0.2) is 16.0 Å². The molecule has 74 valence electrons. The number of carbonyl (C=O) groups excluding carboxylic acids is 1. The Balaban J connectivity index is 3.13. The normalized spacial score (nSPS) is 11.6. The first kappa shape index (κ1) is 11.4. The third-order valence-electron chi connectivity index (χ3n) is 1.36. The SMILES string of the molecule is CC(=O)/C(Cl)=C/c1cc(Cl)nnc1Cl. The lowest BCUT2D eigenvalue weighted by atomic mass is 10.2. The highest BCUT2D eigenvalue weighted by molar-refractivity contribution is 6.44. The monoisotopic (exact) mass is 250 g/mol. The number of carbonyl (C=O) groups is 1. The number of hydrogen-bond acceptors (Lipinski definition) is 3. The predicted molar refractivity (Wildman–Crippen MR) is 56.6 cm³/mol. The summed E-state index contributed by atoms with van der Waals surface area (Å²) in [6.07, 6.45) is 1.40. The van der Waals surface area contributed by atoms with Crippen LogP contribution >= 0.6 is 34.8 Å². The molecule has 0 saturated heterocycles. The van der Waals surface area contributed by atoms with Gasteiger partial charge >= 0.3 is 0 Å². The summed E-state index contributed by atoms with van der Waals surface area (Å²) in [5.74, 6) is -0.254. The largest absolute Gasteiger partial charge is 0.294 e. The highest BCUT2D eigenvalue weighted by atomic mass is 35.5. The van der Waals surface area contributed by atoms with Gasteiger partial charge in [-0.25, -0.2) is 0 Å². The second-order valence-electron chi connectivity index (χ2n) is 2.46. The van der Waals surface area contributed by atoms with E-state index in [1.807, 2.05) is 0 Å². The molecule has 14 heavy (non-hydrogen) atoms. The van der Waals surface area contributed by atoms with Crippen molar-refractivity contribution in [2.75, 3.05) is 0 Å². The zero-order valence-electron chi connectivity index (χ0n) is 7.09. The van der Waals surface area contributed by atoms with Crippen LogP contribution in [0.15, 0.2) is 11.1 Å². The first-order chi connectivity index (χ1) is 6.50. The number of ketones is 1. The fraction of sp³-hybridized carbons (Fsp3) is 0.125. The van der Waals surface area contributed by atoms with Gasteiger partial charge in [0.25, 0.3) is 0 Å². The molecule has 1 aromatic rings. The molecule has 0 aromatic carbocycles. The van der Waals surface area contributed by atoms with Crippen molar-refractivity contribution < 1.29 is 4.79 Å². The van der Waals surface area contributed by atoms with Crippen LogP contribution in [0.25, 0.3) is 6.08 Å². The Morgan fingerprint density at radius 3 is 2.64 bits per heavy atom. The van der Waals surface area contributed by atoms with Crippen molar-refractivity contribution in [2.24, 2.45) is 0 Å². The van der Waals surface area contributed by atoms with Crippen molar-refractivity contribution in [2.45, 2.75) is 6.92 Å². The van der Waals surface area contributed by atoms with Gasteiger partial charge in [0.05, 0.1) is 5.03 Å². The number of hydrogen-bond donors (Lipinski definition) is 0. The van der Waals surface area contributed by atoms with Crippen LogP contribution in [0.2, 0.25) is 10.3 Å². The van der Waals surface area contributed by atoms with Gasteiger partial charge < -0.3 is 0 Å². The number of aromatic nitrogens is 2. The van der Waals surface area contributed by atoms with Crippen molar-refractivity contribution >= 4 is 46.7 Å². The Kier molecular flexibility index (Phi) is 3.86. The van der Waals surface area contributed by atoms with Gasteiger partial charge in [0.2, 0.25) is 0 Å². The molecule has 3 nitrogen and oxygen atoms in total. The first-order valence-electron chi connectivity index (χ1n) is 3.57. The van der Waals surface area contributed by atoms with E-state index >= 15 is 0 Å². The van der Waals surface area contributed by atoms with E-state index in [1.54, 1.807) is 0 Å². The smallest absolute Gasteiger partial charge is 0.171 e. The fourth-order valence-electron chi connectivity index (χ4n) is 0.706. The second-order valence-corrected chi connectivity index (χ2v) is 3.61. The Bertz CT molecular complexity index is 404. The topological polar surface area (TPSA) is 42.9 Å². The zero-order valence-corrected chi connectivity index (χ0v) is 9.36. The van der Waals surface area contributed by atoms with Crippen LogP contribution in [0, 0.1) is 0 Å². The summed E-state index contributed by atoms with van der Waals surface area (Å²) in [4.78, 5) is 10.8. The van der Waals surface area contributed by atoms with Crippen LogP contribution in [-0.2, 0) is 4.79 Å². The van der Waals surface area contributed by atoms with E-state index in [4.69, 9.17) is 34.8 Å². The first-order valence-corrected chi connectivity index (χ1v) is 4.71. The van der Waals surface area contributed by atoms with Crippen molar-refractivity contribution in [1.82, 2.24) is 10.2 Å². The highest BCUT2D eigenvalue weighted by Crippen LogP contribution is 2.19. The molecule has 1 aromatic heterocycles. The van der Waals surface area contributed by atoms with Gasteiger partial charge in [0.1, 0.15) is 0 Å². The van der Waals surface area contributed by atoms with Gasteiger partial charge in [-0.15, -0.1) is 10.2 Å². The lowest BCUT2D eigenvalue weighted by Gasteiger charge is -1.97. The van der Waals surface area contributed by atoms with E-state index < -0.39 is 0 Å². The molecule has 0 aliphatic carbocycles. The van der Waals surface area contributed by atoms with E-state index in [9.17, 15) is 4.79 Å². The summed E-state index contributed by atoms with van der Waals surface area (Å²) in [6, 6.07) is 1.47. The van der Waals surface area contributed by atoms with Crippen molar-refractivity contribution in [3.05, 3.63) is 27.0 Å². The molecule has 0 aliphatic heterocycles. The minimum absolute atomic E-state index is 0.0657. The summed E-state index contributed by atoms with van der Waals surface area (Å²) in [7, 11) is 0. The van der Waals surface area contributed by atoms with Crippen molar-refractivity contribution in [1.29, 1.82) is 0 Å². The summed E-state index contributed by atoms with van der Waals surface area (Å²) >= 11 is 16.9. The molecule has 1 rings (SSSR count). The summed E-state index contributed by atoms with van der Waals surface area (Å²) in [5, 5.41) is 7.48. The standard InChI is InChI=1S/C8H5Cl3N2O/c1-4(14)6(9)2-5-3-7(10)12-13-8(5)11/h2-3H,1H3/b6-2-. The molecule has 6 heteroatoms. The Labute approximate surface area is 95.7 Å². The van der Waals surface area contributed by atoms with Gasteiger partial charge in [-0.2, -0.15) is 0 Å². The molecule has 0 radical (unpaired) electrons. The van der Waals surface area contributed by atoms with Gasteiger partial charge in [0.15, 0.2) is 16.1 Å². The number of halogens is 3. The van der Waals surface area contributed by atoms with E-state index in [0.717, 1.165) is 0 Å². The second kappa shape index (κ2) is 4.73. The lowest BCUT2D eigenvalue weighted by Crippen LogP contribution is -1.91. The molecule has 0 saturated carbocycles. The quantitative estimate of drug-likeness (QED) is 0.759. The summed E-state index contributed by atoms with van der Waals surface area (Å²) in [5.41, 5.74) is 0.465. The average molecular weight is 252 g/mol. The van der Waals surface area contributed by atoms with Crippen LogP contribution < -0.4 is 0 Å². The third-order valence-corrected chi connectivity index (χ3v) is 2.22. The van der Waals surface area contributed by atoms with E-state index in [2.05, 4.69) is 10.2 Å². The third kappa shape index (κ3) is 2.94. The number of allylic oxidation sites excluding steroid dienone is 1. The molecule has 0 spiro atoms. The molecule has 0 unspecified atom stereocenters. The molecule has 0 N–H and O–H groups in total. The Hall–Kier alpha value is -0.640. The predicted octanol–water partition coefficient (Wildman–Crippen LogP) is 2.95. The van der Waals surface area contributed by atoms with Crippen LogP contribution in [0.1, 0.15) is 12.5 Å². The number of rotatable bonds is 2. The Morgan fingerprint density at radius 1 is 1.43 bits per heavy atom. The average Bonchev–Trinajstić information content (AvgIpc) is 2.11. The lowest BCUT2D eigenvalue weighted by molar-refractivity contribution is -0.112. The van der Waals surface area contributed by atoms with Crippen molar-refractivity contribution in [3.63, 3.8) is 0 Å². The molecular weight excluding hydrogens is 246 g/mol. The molecule has 0 atom stereocenters. The van der Waals surface area contributed by atoms with E-state index in [-0.39, 0.29) is 21.1 Å². The van der Waals surface area contributed by atoms with Crippen LogP contribution in [0.5, 0.6) is 0 Å². The van der Waals surface area contributed by atoms with Crippen LogP contribution in [0.3, 0.4) is 0 Å². The Morgan fingerprint density at radius 2 is 2.07 bits per heavy atom.